The number of hydrogen-bond acceptors (Lipinski definition) is 7. The van der Waals surface area contributed by atoms with Gasteiger partial charge in [-0.2, -0.15) is 0 Å². The molecule has 5 N–H and O–H groups in total. The van der Waals surface area contributed by atoms with E-state index in [9.17, 15) is 24.9 Å². The summed E-state index contributed by atoms with van der Waals surface area (Å²) < 4.78 is 6.05. The molecule has 292 valence electrons. The van der Waals surface area contributed by atoms with Crippen LogP contribution in [0, 0.1) is 5.92 Å². The zero-order chi connectivity index (χ0) is 36.7. The fourth-order valence-electron chi connectivity index (χ4n) is 7.95. The van der Waals surface area contributed by atoms with Crippen LogP contribution < -0.4 is 20.5 Å². The van der Waals surface area contributed by atoms with Crippen LogP contribution in [0.15, 0.2) is 102 Å². The van der Waals surface area contributed by atoms with Gasteiger partial charge in [-0.05, 0) is 123 Å². The maximum atomic E-state index is 12.8. The monoisotopic (exact) mass is 756 g/mol. The molecule has 8 rings (SSSR count). The van der Waals surface area contributed by atoms with Crippen LogP contribution in [0.5, 0.6) is 11.5 Å². The van der Waals surface area contributed by atoms with E-state index < -0.39 is 12.2 Å². The summed E-state index contributed by atoms with van der Waals surface area (Å²) >= 11 is 0. The first-order valence-electron chi connectivity index (χ1n) is 18.7. The summed E-state index contributed by atoms with van der Waals surface area (Å²) in [4.78, 5) is 31.1. The Labute approximate surface area is 319 Å². The zero-order valence-corrected chi connectivity index (χ0v) is 30.7. The molecular weight excluding hydrogens is 706 g/mol. The number of phenols is 1. The first-order valence-corrected chi connectivity index (χ1v) is 18.7. The Bertz CT molecular complexity index is 2070. The predicted molar refractivity (Wildman–Crippen MR) is 213 cm³/mol. The molecule has 5 aromatic rings. The number of pyridine rings is 1. The summed E-state index contributed by atoms with van der Waals surface area (Å²) in [6.07, 6.45) is 3.92. The van der Waals surface area contributed by atoms with Gasteiger partial charge in [-0.3, -0.25) is 19.1 Å². The molecule has 10 nitrogen and oxygen atoms in total. The third kappa shape index (κ3) is 9.69. The van der Waals surface area contributed by atoms with E-state index >= 15 is 0 Å². The number of anilines is 1. The van der Waals surface area contributed by atoms with Crippen LogP contribution >= 0.6 is 0 Å². The number of carboxylic acid groups (broad SMARTS) is 1. The number of H-pyrrole nitrogens is 1. The van der Waals surface area contributed by atoms with Crippen molar-refractivity contribution in [3.05, 3.63) is 124 Å². The molecule has 0 aliphatic carbocycles. The molecule has 4 heterocycles. The number of amides is 1. The van der Waals surface area contributed by atoms with Crippen molar-refractivity contribution in [1.82, 2.24) is 15.2 Å². The highest BCUT2D eigenvalue weighted by Gasteiger charge is 2.40. The second-order valence-electron chi connectivity index (χ2n) is 14.3. The number of aromatic hydroxyl groups is 1. The predicted octanol–water partition coefficient (Wildman–Crippen LogP) is 7.05. The number of ether oxygens (including phenoxy) is 1. The maximum Gasteiger partial charge on any atom is 0.412 e. The minimum atomic E-state index is -0.882. The topological polar surface area (TPSA) is 138 Å². The normalized spacial score (nSPS) is 17.9. The second kappa shape index (κ2) is 18.8. The maximum absolute atomic E-state index is 12.8. The Morgan fingerprint density at radius 3 is 2.36 bits per heavy atom. The van der Waals surface area contributed by atoms with Crippen molar-refractivity contribution in [1.29, 1.82) is 0 Å². The summed E-state index contributed by atoms with van der Waals surface area (Å²) in [5.41, 5.74) is 5.76. The lowest BCUT2D eigenvalue weighted by Crippen LogP contribution is -2.58. The standard InChI is InChI=1S/C43H48N4O6.2FH/c48-39-17-14-34(35-15-18-41(50)45-42(35)39)40(49)27-44-22-19-29-9-12-33(13-10-29)53-25-5-4-6-30-11-16-37(36(26-30)31-7-2-1-3-8-31)47(43(51)52)38-28-46-23-20-32(38)21-24-46;;/h1-3,7-18,26,32,38,40,44,48-49H,4-6,19-25,27-28H2,(H,45,50)(H,51,52);2*1H/t38-,40-;;/m0../s1. The summed E-state index contributed by atoms with van der Waals surface area (Å²) in [6, 6.07) is 30.6. The first-order chi connectivity index (χ1) is 25.8. The fourth-order valence-corrected chi connectivity index (χ4v) is 7.95. The molecule has 3 aliphatic heterocycles. The van der Waals surface area contributed by atoms with Crippen molar-refractivity contribution in [2.24, 2.45) is 5.92 Å². The molecule has 0 unspecified atom stereocenters. The van der Waals surface area contributed by atoms with E-state index in [2.05, 4.69) is 51.6 Å². The number of nitrogens with zero attached hydrogens (tertiary/aromatic N) is 2. The minimum absolute atomic E-state index is 0. The van der Waals surface area contributed by atoms with E-state index in [1.165, 1.54) is 17.7 Å². The molecule has 2 atom stereocenters. The number of aromatic amines is 1. The van der Waals surface area contributed by atoms with Gasteiger partial charge in [0.05, 0.1) is 30.0 Å². The number of carbonyl (C=O) groups is 1. The number of unbranched alkanes of at least 4 members (excludes halogenated alkanes) is 1. The first kappa shape index (κ1) is 40.9. The Morgan fingerprint density at radius 2 is 1.65 bits per heavy atom. The van der Waals surface area contributed by atoms with Gasteiger partial charge in [0, 0.05) is 30.1 Å². The average molecular weight is 757 g/mol. The number of phenolic OH excluding ortho intramolecular Hbond substituents is 1. The molecule has 0 saturated carbocycles. The van der Waals surface area contributed by atoms with E-state index in [1.807, 2.05) is 36.4 Å². The van der Waals surface area contributed by atoms with Crippen LogP contribution in [0.3, 0.4) is 0 Å². The number of aliphatic hydroxyl groups excluding tert-OH is 1. The van der Waals surface area contributed by atoms with Crippen LogP contribution in [0.4, 0.5) is 19.9 Å². The van der Waals surface area contributed by atoms with Crippen molar-refractivity contribution >= 4 is 22.7 Å². The number of aromatic nitrogens is 1. The van der Waals surface area contributed by atoms with E-state index in [1.54, 1.807) is 17.0 Å². The highest BCUT2D eigenvalue weighted by molar-refractivity contribution is 5.94. The third-order valence-electron chi connectivity index (χ3n) is 10.8. The molecule has 1 aromatic heterocycles. The molecule has 55 heavy (non-hydrogen) atoms. The lowest BCUT2D eigenvalue weighted by Gasteiger charge is -2.48. The van der Waals surface area contributed by atoms with Crippen molar-refractivity contribution in [3.63, 3.8) is 0 Å². The Kier molecular flexibility index (Phi) is 14.0. The van der Waals surface area contributed by atoms with Gasteiger partial charge in [0.15, 0.2) is 0 Å². The summed E-state index contributed by atoms with van der Waals surface area (Å²) in [6.45, 7) is 4.53. The van der Waals surface area contributed by atoms with Crippen LogP contribution in [-0.2, 0) is 12.8 Å². The molecule has 12 heteroatoms. The van der Waals surface area contributed by atoms with Crippen molar-refractivity contribution in [2.45, 2.75) is 50.7 Å². The molecule has 4 aromatic carbocycles. The number of piperidine rings is 3. The molecule has 2 bridgehead atoms. The van der Waals surface area contributed by atoms with Gasteiger partial charge in [-0.25, -0.2) is 4.79 Å². The van der Waals surface area contributed by atoms with Gasteiger partial charge in [0.2, 0.25) is 5.56 Å². The molecule has 3 fully saturated rings. The highest BCUT2D eigenvalue weighted by Crippen LogP contribution is 2.39. The highest BCUT2D eigenvalue weighted by atomic mass is 19.0. The van der Waals surface area contributed by atoms with E-state index in [0.717, 1.165) is 86.3 Å². The summed E-state index contributed by atoms with van der Waals surface area (Å²) in [7, 11) is 0. The van der Waals surface area contributed by atoms with E-state index in [4.69, 9.17) is 4.74 Å². The van der Waals surface area contributed by atoms with Crippen LogP contribution in [0.25, 0.3) is 22.0 Å². The number of fused-ring (bicyclic) bond motifs is 4. The molecule has 1 amide bonds. The molecule has 3 saturated heterocycles. The van der Waals surface area contributed by atoms with Gasteiger partial charge in [-0.1, -0.05) is 54.6 Å². The SMILES string of the molecule is F.F.O=C(O)N(c1ccc(CCCCOc2ccc(CCNC[C@H](O)c3ccc(O)c4[nH]c(=O)ccc34)cc2)cc1-c1ccccc1)[C@H]1CN2CCC1CC2. The van der Waals surface area contributed by atoms with Crippen LogP contribution in [-0.4, -0.2) is 76.7 Å². The van der Waals surface area contributed by atoms with Gasteiger partial charge < -0.3 is 35.3 Å². The number of aliphatic hydroxyl groups is 1. The van der Waals surface area contributed by atoms with E-state index in [0.29, 0.717) is 42.1 Å². The Balaban J connectivity index is 0.00000290. The number of halogens is 2. The molecule has 0 radical (unpaired) electrons. The van der Waals surface area contributed by atoms with Crippen LogP contribution in [0.2, 0.25) is 0 Å². The Hall–Kier alpha value is -5.30. The second-order valence-corrected chi connectivity index (χ2v) is 14.3. The minimum Gasteiger partial charge on any atom is -0.506 e. The number of nitrogens with one attached hydrogen (secondary N) is 2. The smallest absolute Gasteiger partial charge is 0.412 e. The number of hydrogen-bond donors (Lipinski definition) is 5. The van der Waals surface area contributed by atoms with Gasteiger partial charge in [0.25, 0.3) is 0 Å². The van der Waals surface area contributed by atoms with E-state index in [-0.39, 0.29) is 26.8 Å². The van der Waals surface area contributed by atoms with Crippen LogP contribution in [0.1, 0.15) is 48.5 Å². The fraction of sp³-hybridized carbons (Fsp3) is 0.349. The summed E-state index contributed by atoms with van der Waals surface area (Å²) in [5, 5.41) is 35.3. The average Bonchev–Trinajstić information content (AvgIpc) is 3.18. The molecule has 0 spiro atoms. The van der Waals surface area contributed by atoms with Crippen molar-refractivity contribution in [3.8, 4) is 22.6 Å². The quantitative estimate of drug-likeness (QED) is 0.0717. The zero-order valence-electron chi connectivity index (χ0n) is 30.7. The van der Waals surface area contributed by atoms with Crippen molar-refractivity contribution < 1.29 is 34.3 Å². The van der Waals surface area contributed by atoms with Gasteiger partial charge in [-0.15, -0.1) is 0 Å². The third-order valence-corrected chi connectivity index (χ3v) is 10.8. The molecule has 3 aliphatic rings. The lowest BCUT2D eigenvalue weighted by molar-refractivity contribution is 0.0838. The van der Waals surface area contributed by atoms with Gasteiger partial charge >= 0.3 is 6.09 Å². The number of benzene rings is 4. The van der Waals surface area contributed by atoms with Crippen molar-refractivity contribution in [2.75, 3.05) is 44.2 Å². The lowest BCUT2D eigenvalue weighted by atomic mass is 9.82. The number of rotatable bonds is 15. The van der Waals surface area contributed by atoms with Gasteiger partial charge in [0.1, 0.15) is 11.5 Å². The number of aryl methyl sites for hydroxylation is 1. The Morgan fingerprint density at radius 1 is 0.909 bits per heavy atom. The summed E-state index contributed by atoms with van der Waals surface area (Å²) in [5.74, 6) is 1.19. The largest absolute Gasteiger partial charge is 0.506 e. The molecular formula is C43H50F2N4O6.